The van der Waals surface area contributed by atoms with Crippen LogP contribution in [0.4, 0.5) is 0 Å². The van der Waals surface area contributed by atoms with Gasteiger partial charge in [-0.05, 0) is 55.3 Å². The zero-order chi connectivity index (χ0) is 16.0. The van der Waals surface area contributed by atoms with Crippen molar-refractivity contribution in [3.63, 3.8) is 0 Å². The molecule has 0 radical (unpaired) electrons. The Bertz CT molecular complexity index is 749. The van der Waals surface area contributed by atoms with Gasteiger partial charge in [-0.25, -0.2) is 9.98 Å². The minimum atomic E-state index is -0.140. The number of allylic oxidation sites excluding steroid dienone is 1. The van der Waals surface area contributed by atoms with Gasteiger partial charge in [-0.15, -0.1) is 0 Å². The van der Waals surface area contributed by atoms with E-state index >= 15 is 0 Å². The second-order valence-electron chi connectivity index (χ2n) is 6.14. The van der Waals surface area contributed by atoms with E-state index in [1.165, 1.54) is 16.9 Å². The Hall–Kier alpha value is -1.47. The van der Waals surface area contributed by atoms with Gasteiger partial charge < -0.3 is 4.57 Å². The second kappa shape index (κ2) is 5.87. The molecule has 4 rings (SSSR count). The number of rotatable bonds is 4. The Balaban J connectivity index is 1.46. The first kappa shape index (κ1) is 15.1. The Labute approximate surface area is 144 Å². The summed E-state index contributed by atoms with van der Waals surface area (Å²) in [5, 5.41) is 1.34. The van der Waals surface area contributed by atoms with Crippen LogP contribution in [0.3, 0.4) is 0 Å². The lowest BCUT2D eigenvalue weighted by Crippen LogP contribution is -2.45. The van der Waals surface area contributed by atoms with E-state index < -0.39 is 0 Å². The molecular formula is C16H18N4OS2. The van der Waals surface area contributed by atoms with Crippen LogP contribution in [-0.2, 0) is 11.3 Å². The molecule has 0 spiro atoms. The zero-order valence-electron chi connectivity index (χ0n) is 13.0. The summed E-state index contributed by atoms with van der Waals surface area (Å²) in [4.78, 5) is 24.6. The monoisotopic (exact) mass is 346 g/mol. The third kappa shape index (κ3) is 2.55. The number of thioether (sulfide) groups is 1. The summed E-state index contributed by atoms with van der Waals surface area (Å²) in [5.41, 5.74) is 2.43. The van der Waals surface area contributed by atoms with Crippen LogP contribution >= 0.6 is 24.0 Å². The van der Waals surface area contributed by atoms with Crippen LogP contribution < -0.4 is 0 Å². The molecule has 1 aliphatic carbocycles. The molecule has 1 aromatic heterocycles. The summed E-state index contributed by atoms with van der Waals surface area (Å²) < 4.78 is 2.09. The molecular weight excluding hydrogens is 328 g/mol. The number of imidazole rings is 1. The van der Waals surface area contributed by atoms with E-state index in [9.17, 15) is 4.79 Å². The summed E-state index contributed by atoms with van der Waals surface area (Å²) in [7, 11) is 0. The highest BCUT2D eigenvalue weighted by Gasteiger charge is 2.44. The lowest BCUT2D eigenvalue weighted by Gasteiger charge is -2.29. The number of nitrogens with zero attached hydrogens (tertiary/aromatic N) is 4. The van der Waals surface area contributed by atoms with Crippen LogP contribution in [0.1, 0.15) is 31.4 Å². The highest BCUT2D eigenvalue weighted by Crippen LogP contribution is 2.49. The molecule has 1 atom stereocenters. The molecule has 5 nitrogen and oxygen atoms in total. The highest BCUT2D eigenvalue weighted by atomic mass is 32.2. The number of hydrogen-bond acceptors (Lipinski definition) is 4. The first-order chi connectivity index (χ1) is 11.1. The van der Waals surface area contributed by atoms with Crippen LogP contribution in [-0.4, -0.2) is 37.1 Å². The quantitative estimate of drug-likeness (QED) is 0.787. The largest absolute Gasteiger partial charge is 0.335 e. The fourth-order valence-electron chi connectivity index (χ4n) is 3.47. The van der Waals surface area contributed by atoms with Crippen LogP contribution in [0.5, 0.6) is 0 Å². The van der Waals surface area contributed by atoms with Crippen LogP contribution in [0.2, 0.25) is 0 Å². The predicted octanol–water partition coefficient (Wildman–Crippen LogP) is 2.91. The zero-order valence-corrected chi connectivity index (χ0v) is 14.6. The van der Waals surface area contributed by atoms with Crippen molar-refractivity contribution in [1.29, 1.82) is 0 Å². The number of hydrogen-bond donors (Lipinski definition) is 0. The van der Waals surface area contributed by atoms with Gasteiger partial charge in [0.15, 0.2) is 0 Å². The van der Waals surface area contributed by atoms with Gasteiger partial charge in [0.05, 0.1) is 11.4 Å². The minimum Gasteiger partial charge on any atom is -0.335 e. The van der Waals surface area contributed by atoms with Gasteiger partial charge in [0.25, 0.3) is 0 Å². The summed E-state index contributed by atoms with van der Waals surface area (Å²) >= 11 is 7.05. The second-order valence-corrected chi connectivity index (χ2v) is 7.62. The third-order valence-corrected chi connectivity index (χ3v) is 6.24. The van der Waals surface area contributed by atoms with E-state index in [0.29, 0.717) is 11.7 Å². The molecule has 3 aliphatic rings. The van der Waals surface area contributed by atoms with Crippen molar-refractivity contribution in [2.24, 2.45) is 10.9 Å². The number of carbonyl (C=O) groups is 1. The van der Waals surface area contributed by atoms with Crippen LogP contribution in [0, 0.1) is 12.8 Å². The predicted molar refractivity (Wildman–Crippen MR) is 95.3 cm³/mol. The van der Waals surface area contributed by atoms with Gasteiger partial charge in [-0.2, -0.15) is 0 Å². The number of aromatic nitrogens is 2. The average molecular weight is 346 g/mol. The SMILES string of the molecule is Cc1cncn1CCCN1C(=O)C2C(=NC1=S)SC1=C2CCC1. The normalized spacial score (nSPS) is 23.4. The summed E-state index contributed by atoms with van der Waals surface area (Å²) in [6.07, 6.45) is 7.81. The summed E-state index contributed by atoms with van der Waals surface area (Å²) in [6.45, 7) is 3.49. The van der Waals surface area contributed by atoms with Crippen molar-refractivity contribution < 1.29 is 4.79 Å². The molecule has 120 valence electrons. The van der Waals surface area contributed by atoms with Gasteiger partial charge >= 0.3 is 0 Å². The Morgan fingerprint density at radius 2 is 2.26 bits per heavy atom. The molecule has 0 aromatic carbocycles. The van der Waals surface area contributed by atoms with Crippen molar-refractivity contribution >= 4 is 40.0 Å². The Morgan fingerprint density at radius 3 is 3.04 bits per heavy atom. The number of fused-ring (bicyclic) bond motifs is 2. The fraction of sp³-hybridized carbons (Fsp3) is 0.500. The van der Waals surface area contributed by atoms with Gasteiger partial charge in [-0.3, -0.25) is 9.69 Å². The van der Waals surface area contributed by atoms with Crippen LogP contribution in [0.15, 0.2) is 28.0 Å². The molecule has 0 bridgehead atoms. The fourth-order valence-corrected chi connectivity index (χ4v) is 5.15. The maximum atomic E-state index is 12.9. The van der Waals surface area contributed by atoms with E-state index in [1.807, 2.05) is 19.4 Å². The van der Waals surface area contributed by atoms with Gasteiger partial charge in [0.2, 0.25) is 11.0 Å². The summed E-state index contributed by atoms with van der Waals surface area (Å²) in [5.74, 6) is -0.0130. The lowest BCUT2D eigenvalue weighted by molar-refractivity contribution is -0.128. The first-order valence-corrected chi connectivity index (χ1v) is 9.18. The molecule has 0 saturated carbocycles. The molecule has 1 unspecified atom stereocenters. The lowest BCUT2D eigenvalue weighted by atomic mass is 9.97. The molecule has 7 heteroatoms. The van der Waals surface area contributed by atoms with E-state index in [0.717, 1.165) is 36.5 Å². The highest BCUT2D eigenvalue weighted by molar-refractivity contribution is 8.17. The topological polar surface area (TPSA) is 50.5 Å². The van der Waals surface area contributed by atoms with E-state index in [1.54, 1.807) is 16.7 Å². The maximum absolute atomic E-state index is 12.9. The van der Waals surface area contributed by atoms with E-state index in [4.69, 9.17) is 12.2 Å². The van der Waals surface area contributed by atoms with Gasteiger partial charge in [-0.1, -0.05) is 11.8 Å². The first-order valence-electron chi connectivity index (χ1n) is 7.95. The number of carbonyl (C=O) groups excluding carboxylic acids is 1. The van der Waals surface area contributed by atoms with Gasteiger partial charge in [0.1, 0.15) is 5.92 Å². The molecule has 0 saturated heterocycles. The molecule has 0 fully saturated rings. The van der Waals surface area contributed by atoms with Crippen molar-refractivity contribution in [2.75, 3.05) is 6.54 Å². The average Bonchev–Trinajstić information content (AvgIpc) is 3.18. The Morgan fingerprint density at radius 1 is 1.39 bits per heavy atom. The Kier molecular flexibility index (Phi) is 3.85. The molecule has 2 aliphatic heterocycles. The molecule has 1 amide bonds. The smallest absolute Gasteiger partial charge is 0.242 e. The van der Waals surface area contributed by atoms with Crippen molar-refractivity contribution in [1.82, 2.24) is 14.5 Å². The number of aryl methyl sites for hydroxylation is 2. The van der Waals surface area contributed by atoms with E-state index in [-0.39, 0.29) is 11.8 Å². The maximum Gasteiger partial charge on any atom is 0.242 e. The van der Waals surface area contributed by atoms with Crippen LogP contribution in [0.25, 0.3) is 0 Å². The van der Waals surface area contributed by atoms with Crippen molar-refractivity contribution in [3.8, 4) is 0 Å². The van der Waals surface area contributed by atoms with E-state index in [2.05, 4.69) is 14.5 Å². The number of thiocarbonyl (C=S) groups is 1. The molecule has 0 N–H and O–H groups in total. The van der Waals surface area contributed by atoms with Crippen molar-refractivity contribution in [3.05, 3.63) is 28.7 Å². The minimum absolute atomic E-state index is 0.127. The molecule has 3 heterocycles. The number of aliphatic imine (C=N–C) groups is 1. The molecule has 1 aromatic rings. The molecule has 23 heavy (non-hydrogen) atoms. The standard InChI is InChI=1S/C16H18N4OS2/c1-10-8-17-9-19(10)6-3-7-20-15(21)13-11-4-2-5-12(11)23-14(13)18-16(20)22/h8-9,13H,2-7H2,1H3. The van der Waals surface area contributed by atoms with Gasteiger partial charge in [0, 0.05) is 25.0 Å². The third-order valence-electron chi connectivity index (χ3n) is 4.68. The summed E-state index contributed by atoms with van der Waals surface area (Å²) in [6, 6.07) is 0. The number of amides is 1. The van der Waals surface area contributed by atoms with Crippen molar-refractivity contribution in [2.45, 2.75) is 39.2 Å².